The Morgan fingerprint density at radius 2 is 1.16 bits per heavy atom. The highest BCUT2D eigenvalue weighted by Crippen LogP contribution is 2.62. The molecule has 0 unspecified atom stereocenters. The van der Waals surface area contributed by atoms with Gasteiger partial charge in [-0.2, -0.15) is 57.1 Å². The van der Waals surface area contributed by atoms with Gasteiger partial charge in [-0.1, -0.05) is 25.5 Å². The topological polar surface area (TPSA) is 29.1 Å². The lowest BCUT2D eigenvalue weighted by molar-refractivity contribution is -0.441. The molecule has 0 aliphatic rings. The maximum atomic E-state index is 14.0. The smallest absolute Gasteiger partial charge is 0.326 e. The van der Waals surface area contributed by atoms with Crippen LogP contribution in [0.25, 0.3) is 0 Å². The second kappa shape index (κ2) is 8.61. The van der Waals surface area contributed by atoms with Gasteiger partial charge in [0, 0.05) is 17.7 Å². The Labute approximate surface area is 171 Å². The number of rotatable bonds is 9. The van der Waals surface area contributed by atoms with Crippen LogP contribution in [0, 0.1) is 0 Å². The summed E-state index contributed by atoms with van der Waals surface area (Å²) in [6.45, 7) is 1.73. The second-order valence-corrected chi connectivity index (χ2v) is 6.60. The number of amides is 1. The molecule has 0 saturated heterocycles. The molecule has 1 rings (SSSR count). The average molecular weight is 495 g/mol. The fourth-order valence-electron chi connectivity index (χ4n) is 2.27. The number of hydrogen-bond donors (Lipinski definition) is 1. The summed E-state index contributed by atoms with van der Waals surface area (Å²) >= 11 is 0. The van der Waals surface area contributed by atoms with Gasteiger partial charge in [0.05, 0.1) is 0 Å². The van der Waals surface area contributed by atoms with Gasteiger partial charge in [0.2, 0.25) is 5.91 Å². The van der Waals surface area contributed by atoms with Crippen molar-refractivity contribution in [3.8, 4) is 0 Å². The summed E-state index contributed by atoms with van der Waals surface area (Å²) in [5, 5.41) is 2.12. The van der Waals surface area contributed by atoms with Crippen molar-refractivity contribution < 1.29 is 61.9 Å². The van der Waals surface area contributed by atoms with E-state index in [4.69, 9.17) is 0 Å². The van der Waals surface area contributed by atoms with Gasteiger partial charge in [-0.25, -0.2) is 0 Å². The van der Waals surface area contributed by atoms with Gasteiger partial charge in [-0.05, 0) is 18.6 Å². The maximum absolute atomic E-state index is 14.0. The highest BCUT2D eigenvalue weighted by Gasteiger charge is 2.90. The molecule has 1 aromatic carbocycles. The SMILES string of the molecule is CCCCC(=O)Nc1ccc(C(F)(F)C(F)(F)C(F)(F)C(F)(F)C(F)(F)C(F)(F)F)cc1. The van der Waals surface area contributed by atoms with E-state index in [0.717, 1.165) is 0 Å². The van der Waals surface area contributed by atoms with Crippen molar-refractivity contribution in [1.29, 1.82) is 0 Å². The van der Waals surface area contributed by atoms with Gasteiger partial charge in [-0.3, -0.25) is 4.79 Å². The van der Waals surface area contributed by atoms with Crippen LogP contribution < -0.4 is 5.32 Å². The third-order valence-electron chi connectivity index (χ3n) is 4.22. The number of anilines is 1. The third-order valence-corrected chi connectivity index (χ3v) is 4.22. The normalized spacial score (nSPS) is 14.4. The van der Waals surface area contributed by atoms with E-state index in [-0.39, 0.29) is 24.2 Å². The number of alkyl halides is 13. The Balaban J connectivity index is 3.32. The Morgan fingerprint density at radius 3 is 1.56 bits per heavy atom. The molecule has 0 saturated carbocycles. The average Bonchev–Trinajstić information content (AvgIpc) is 2.65. The molecule has 15 heteroatoms. The molecular weight excluding hydrogens is 481 g/mol. The van der Waals surface area contributed by atoms with Crippen LogP contribution in [0.15, 0.2) is 24.3 Å². The number of hydrogen-bond acceptors (Lipinski definition) is 1. The summed E-state index contributed by atoms with van der Waals surface area (Å²) in [6, 6.07) is 0.951. The lowest BCUT2D eigenvalue weighted by Crippen LogP contribution is -2.69. The highest BCUT2D eigenvalue weighted by molar-refractivity contribution is 5.90. The van der Waals surface area contributed by atoms with Crippen LogP contribution in [-0.4, -0.2) is 35.8 Å². The largest absolute Gasteiger partial charge is 0.460 e. The number of carbonyl (C=O) groups is 1. The van der Waals surface area contributed by atoms with Crippen molar-refractivity contribution in [3.05, 3.63) is 29.8 Å². The van der Waals surface area contributed by atoms with Crippen LogP contribution in [0.4, 0.5) is 62.8 Å². The van der Waals surface area contributed by atoms with E-state index >= 15 is 0 Å². The third kappa shape index (κ3) is 4.47. The first-order valence-electron chi connectivity index (χ1n) is 8.54. The lowest BCUT2D eigenvalue weighted by atomic mass is 9.90. The first kappa shape index (κ1) is 27.8. The van der Waals surface area contributed by atoms with Crippen molar-refractivity contribution in [2.75, 3.05) is 5.32 Å². The molecule has 1 N–H and O–H groups in total. The number of unbranched alkanes of at least 4 members (excludes halogenated alkanes) is 1. The molecule has 0 heterocycles. The molecule has 1 amide bonds. The first-order valence-corrected chi connectivity index (χ1v) is 8.54. The fraction of sp³-hybridized carbons (Fsp3) is 0.588. The van der Waals surface area contributed by atoms with Crippen LogP contribution in [0.1, 0.15) is 31.7 Å². The van der Waals surface area contributed by atoms with Crippen LogP contribution >= 0.6 is 0 Å². The van der Waals surface area contributed by atoms with E-state index in [0.29, 0.717) is 25.0 Å². The second-order valence-electron chi connectivity index (χ2n) is 6.60. The Bertz CT molecular complexity index is 800. The van der Waals surface area contributed by atoms with Crippen LogP contribution in [-0.2, 0) is 10.7 Å². The molecule has 0 spiro atoms. The molecule has 2 nitrogen and oxygen atoms in total. The summed E-state index contributed by atoms with van der Waals surface area (Å²) in [5.41, 5.74) is -2.41. The quantitative estimate of drug-likeness (QED) is 0.367. The zero-order chi connectivity index (χ0) is 25.4. The van der Waals surface area contributed by atoms with Gasteiger partial charge in [0.1, 0.15) is 0 Å². The van der Waals surface area contributed by atoms with E-state index in [1.54, 1.807) is 6.92 Å². The Kier molecular flexibility index (Phi) is 7.49. The van der Waals surface area contributed by atoms with Crippen LogP contribution in [0.3, 0.4) is 0 Å². The van der Waals surface area contributed by atoms with Crippen molar-refractivity contribution in [3.63, 3.8) is 0 Å². The summed E-state index contributed by atoms with van der Waals surface area (Å²) in [6.07, 6.45) is -6.47. The number of benzene rings is 1. The van der Waals surface area contributed by atoms with Crippen molar-refractivity contribution in [1.82, 2.24) is 0 Å². The van der Waals surface area contributed by atoms with E-state index in [9.17, 15) is 61.9 Å². The Morgan fingerprint density at radius 1 is 0.719 bits per heavy atom. The molecule has 32 heavy (non-hydrogen) atoms. The molecular formula is C17H14F13NO. The summed E-state index contributed by atoms with van der Waals surface area (Å²) in [5.74, 6) is -37.9. The zero-order valence-electron chi connectivity index (χ0n) is 15.8. The van der Waals surface area contributed by atoms with Gasteiger partial charge >= 0.3 is 35.8 Å². The van der Waals surface area contributed by atoms with Gasteiger partial charge in [0.15, 0.2) is 0 Å². The maximum Gasteiger partial charge on any atom is 0.460 e. The summed E-state index contributed by atoms with van der Waals surface area (Å²) in [4.78, 5) is 11.5. The van der Waals surface area contributed by atoms with Gasteiger partial charge in [-0.15, -0.1) is 0 Å². The minimum atomic E-state index is -7.95. The predicted molar refractivity (Wildman–Crippen MR) is 84.3 cm³/mol. The van der Waals surface area contributed by atoms with E-state index in [1.807, 2.05) is 0 Å². The number of halogens is 13. The first-order chi connectivity index (χ1) is 14.2. The van der Waals surface area contributed by atoms with Crippen molar-refractivity contribution >= 4 is 11.6 Å². The number of carbonyl (C=O) groups excluding carboxylic acids is 1. The van der Waals surface area contributed by atoms with Gasteiger partial charge in [0.25, 0.3) is 0 Å². The molecule has 0 bridgehead atoms. The van der Waals surface area contributed by atoms with Crippen molar-refractivity contribution in [2.45, 2.75) is 62.0 Å². The number of nitrogens with one attached hydrogen (secondary N) is 1. The van der Waals surface area contributed by atoms with Gasteiger partial charge < -0.3 is 5.32 Å². The summed E-state index contributed by atoms with van der Waals surface area (Å²) in [7, 11) is 0. The molecule has 0 atom stereocenters. The molecule has 0 aliphatic carbocycles. The monoisotopic (exact) mass is 495 g/mol. The molecule has 0 aliphatic heterocycles. The van der Waals surface area contributed by atoms with E-state index in [2.05, 4.69) is 5.32 Å². The fourth-order valence-corrected chi connectivity index (χ4v) is 2.27. The summed E-state index contributed by atoms with van der Waals surface area (Å²) < 4.78 is 171. The van der Waals surface area contributed by atoms with Crippen LogP contribution in [0.2, 0.25) is 0 Å². The molecule has 0 aromatic heterocycles. The molecule has 184 valence electrons. The minimum absolute atomic E-state index is 0.0144. The highest BCUT2D eigenvalue weighted by atomic mass is 19.4. The zero-order valence-corrected chi connectivity index (χ0v) is 15.8. The minimum Gasteiger partial charge on any atom is -0.326 e. The predicted octanol–water partition coefficient (Wildman–Crippen LogP) is 7.01. The molecule has 0 fully saturated rings. The molecule has 1 aromatic rings. The molecule has 0 radical (unpaired) electrons. The van der Waals surface area contributed by atoms with Crippen LogP contribution in [0.5, 0.6) is 0 Å². The van der Waals surface area contributed by atoms with E-state index in [1.165, 1.54) is 0 Å². The van der Waals surface area contributed by atoms with Crippen molar-refractivity contribution in [2.24, 2.45) is 0 Å². The Hall–Kier alpha value is -2.22. The lowest BCUT2D eigenvalue weighted by Gasteiger charge is -2.39. The van der Waals surface area contributed by atoms with E-state index < -0.39 is 47.3 Å². The standard InChI is InChI=1S/C17H14F13NO/c1-2-3-4-11(32)31-10-7-5-9(6-8-10)12(18,19)13(20,21)14(22,23)15(24,25)16(26,27)17(28,29)30/h5-8H,2-4H2,1H3,(H,31,32).